The molecule has 0 saturated heterocycles. The maximum Gasteiger partial charge on any atom is 0.387 e. The molecule has 7 heteroatoms. The van der Waals surface area contributed by atoms with Crippen LogP contribution in [0.4, 0.5) is 8.78 Å². The van der Waals surface area contributed by atoms with E-state index in [1.807, 2.05) is 35.9 Å². The SMILES string of the molecule is Cn1c(CNC(=O)Cc2ccc(OC(F)F)cc2)nc2ccccc21. The molecule has 0 unspecified atom stereocenters. The second-order valence-corrected chi connectivity index (χ2v) is 5.55. The molecule has 0 atom stereocenters. The number of rotatable bonds is 6. The fourth-order valence-electron chi connectivity index (χ4n) is 2.57. The van der Waals surface area contributed by atoms with Crippen LogP contribution in [0, 0.1) is 0 Å². The van der Waals surface area contributed by atoms with Crippen LogP contribution in [0.1, 0.15) is 11.4 Å². The van der Waals surface area contributed by atoms with Crippen molar-refractivity contribution < 1.29 is 18.3 Å². The molecule has 1 aromatic heterocycles. The number of carbonyl (C=O) groups excluding carboxylic acids is 1. The lowest BCUT2D eigenvalue weighted by Gasteiger charge is -2.07. The number of halogens is 2. The minimum Gasteiger partial charge on any atom is -0.435 e. The third kappa shape index (κ3) is 4.12. The molecule has 25 heavy (non-hydrogen) atoms. The Kier molecular flexibility index (Phi) is 4.92. The lowest BCUT2D eigenvalue weighted by molar-refractivity contribution is -0.120. The Morgan fingerprint density at radius 2 is 1.92 bits per heavy atom. The molecule has 0 fully saturated rings. The van der Waals surface area contributed by atoms with Crippen molar-refractivity contribution in [2.45, 2.75) is 19.6 Å². The summed E-state index contributed by atoms with van der Waals surface area (Å²) in [6, 6.07) is 13.8. The summed E-state index contributed by atoms with van der Waals surface area (Å²) < 4.78 is 30.4. The highest BCUT2D eigenvalue weighted by Gasteiger charge is 2.10. The van der Waals surface area contributed by atoms with E-state index in [0.717, 1.165) is 16.9 Å². The molecule has 1 amide bonds. The van der Waals surface area contributed by atoms with Crippen molar-refractivity contribution in [1.82, 2.24) is 14.9 Å². The molecular weight excluding hydrogens is 328 g/mol. The predicted octanol–water partition coefficient (Wildman–Crippen LogP) is 3.03. The summed E-state index contributed by atoms with van der Waals surface area (Å²) in [6.07, 6.45) is 0.152. The number of carbonyl (C=O) groups is 1. The van der Waals surface area contributed by atoms with E-state index >= 15 is 0 Å². The summed E-state index contributed by atoms with van der Waals surface area (Å²) >= 11 is 0. The Bertz CT molecular complexity index is 876. The van der Waals surface area contributed by atoms with Crippen LogP contribution in [0.15, 0.2) is 48.5 Å². The van der Waals surface area contributed by atoms with Gasteiger partial charge in [-0.05, 0) is 29.8 Å². The van der Waals surface area contributed by atoms with Crippen LogP contribution in [0.25, 0.3) is 11.0 Å². The van der Waals surface area contributed by atoms with Gasteiger partial charge in [-0.3, -0.25) is 4.79 Å². The number of aromatic nitrogens is 2. The van der Waals surface area contributed by atoms with Gasteiger partial charge in [-0.1, -0.05) is 24.3 Å². The highest BCUT2D eigenvalue weighted by molar-refractivity contribution is 5.79. The molecule has 3 rings (SSSR count). The quantitative estimate of drug-likeness (QED) is 0.747. The number of amides is 1. The van der Waals surface area contributed by atoms with Gasteiger partial charge in [0.1, 0.15) is 11.6 Å². The molecule has 5 nitrogen and oxygen atoms in total. The molecule has 0 aliphatic carbocycles. The van der Waals surface area contributed by atoms with E-state index in [1.165, 1.54) is 12.1 Å². The van der Waals surface area contributed by atoms with Crippen molar-refractivity contribution in [3.05, 3.63) is 59.9 Å². The first-order chi connectivity index (χ1) is 12.0. The van der Waals surface area contributed by atoms with Crippen molar-refractivity contribution in [2.75, 3.05) is 0 Å². The standard InChI is InChI=1S/C18H17F2N3O2/c1-23-15-5-3-2-4-14(15)22-16(23)11-21-17(24)10-12-6-8-13(9-7-12)25-18(19)20/h2-9,18H,10-11H2,1H3,(H,21,24). The number of nitrogens with one attached hydrogen (secondary N) is 1. The van der Waals surface area contributed by atoms with Gasteiger partial charge in [0.2, 0.25) is 5.91 Å². The molecule has 0 aliphatic heterocycles. The number of imidazole rings is 1. The van der Waals surface area contributed by atoms with E-state index in [4.69, 9.17) is 0 Å². The van der Waals surface area contributed by atoms with Crippen molar-refractivity contribution >= 4 is 16.9 Å². The van der Waals surface area contributed by atoms with Crippen molar-refractivity contribution in [1.29, 1.82) is 0 Å². The summed E-state index contributed by atoms with van der Waals surface area (Å²) in [7, 11) is 1.90. The van der Waals surface area contributed by atoms with E-state index in [0.29, 0.717) is 12.1 Å². The molecule has 3 aromatic rings. The smallest absolute Gasteiger partial charge is 0.387 e. The molecule has 0 aliphatic rings. The van der Waals surface area contributed by atoms with Crippen LogP contribution in [-0.4, -0.2) is 22.1 Å². The zero-order valence-corrected chi connectivity index (χ0v) is 13.6. The summed E-state index contributed by atoms with van der Waals surface area (Å²) in [6.45, 7) is -2.54. The van der Waals surface area contributed by atoms with Crippen LogP contribution in [0.2, 0.25) is 0 Å². The normalized spacial score (nSPS) is 11.0. The van der Waals surface area contributed by atoms with Crippen molar-refractivity contribution in [3.8, 4) is 5.75 Å². The largest absolute Gasteiger partial charge is 0.435 e. The molecule has 130 valence electrons. The van der Waals surface area contributed by atoms with E-state index in [2.05, 4.69) is 15.0 Å². The fraction of sp³-hybridized carbons (Fsp3) is 0.222. The summed E-state index contributed by atoms with van der Waals surface area (Å²) in [5.74, 6) is 0.656. The van der Waals surface area contributed by atoms with Gasteiger partial charge in [-0.15, -0.1) is 0 Å². The first-order valence-electron chi connectivity index (χ1n) is 7.73. The Labute approximate surface area is 143 Å². The average molecular weight is 345 g/mol. The number of para-hydroxylation sites is 2. The van der Waals surface area contributed by atoms with Gasteiger partial charge in [0.15, 0.2) is 0 Å². The third-order valence-electron chi connectivity index (χ3n) is 3.84. The van der Waals surface area contributed by atoms with Gasteiger partial charge >= 0.3 is 6.61 Å². The number of alkyl halides is 2. The Balaban J connectivity index is 1.58. The topological polar surface area (TPSA) is 56.2 Å². The lowest BCUT2D eigenvalue weighted by Crippen LogP contribution is -2.25. The van der Waals surface area contributed by atoms with Crippen molar-refractivity contribution in [2.24, 2.45) is 7.05 Å². The zero-order chi connectivity index (χ0) is 17.8. The highest BCUT2D eigenvalue weighted by Crippen LogP contribution is 2.16. The average Bonchev–Trinajstić information content (AvgIpc) is 2.91. The van der Waals surface area contributed by atoms with Crippen molar-refractivity contribution in [3.63, 3.8) is 0 Å². The molecule has 0 radical (unpaired) electrons. The molecule has 1 heterocycles. The molecule has 1 N–H and O–H groups in total. The summed E-state index contributed by atoms with van der Waals surface area (Å²) in [5.41, 5.74) is 2.59. The Hall–Kier alpha value is -2.96. The first kappa shape index (κ1) is 16.9. The Morgan fingerprint density at radius 3 is 2.60 bits per heavy atom. The molecule has 2 aromatic carbocycles. The number of nitrogens with zero attached hydrogens (tertiary/aromatic N) is 2. The van der Waals surface area contributed by atoms with Gasteiger partial charge in [0.05, 0.1) is 24.0 Å². The van der Waals surface area contributed by atoms with Gasteiger partial charge < -0.3 is 14.6 Å². The number of hydrogen-bond donors (Lipinski definition) is 1. The first-order valence-corrected chi connectivity index (χ1v) is 7.73. The van der Waals surface area contributed by atoms with Crippen LogP contribution in [0.3, 0.4) is 0 Å². The van der Waals surface area contributed by atoms with E-state index in [-0.39, 0.29) is 18.1 Å². The highest BCUT2D eigenvalue weighted by atomic mass is 19.3. The number of aryl methyl sites for hydroxylation is 1. The minimum absolute atomic E-state index is 0.0684. The lowest BCUT2D eigenvalue weighted by atomic mass is 10.1. The predicted molar refractivity (Wildman–Crippen MR) is 89.3 cm³/mol. The van der Waals surface area contributed by atoms with Gasteiger partial charge in [-0.25, -0.2) is 4.98 Å². The monoisotopic (exact) mass is 345 g/mol. The van der Waals surface area contributed by atoms with Crippen LogP contribution in [0.5, 0.6) is 5.75 Å². The summed E-state index contributed by atoms with van der Waals surface area (Å²) in [5, 5.41) is 2.82. The van der Waals surface area contributed by atoms with E-state index < -0.39 is 6.61 Å². The van der Waals surface area contributed by atoms with Crippen LogP contribution < -0.4 is 10.1 Å². The molecule has 0 saturated carbocycles. The maximum absolute atomic E-state index is 12.1. The minimum atomic E-state index is -2.86. The third-order valence-corrected chi connectivity index (χ3v) is 3.84. The summed E-state index contributed by atoms with van der Waals surface area (Å²) in [4.78, 5) is 16.6. The van der Waals surface area contributed by atoms with Crippen LogP contribution >= 0.6 is 0 Å². The maximum atomic E-state index is 12.1. The number of benzene rings is 2. The molecular formula is C18H17F2N3O2. The van der Waals surface area contributed by atoms with Gasteiger partial charge in [-0.2, -0.15) is 8.78 Å². The fourth-order valence-corrected chi connectivity index (χ4v) is 2.57. The van der Waals surface area contributed by atoms with Gasteiger partial charge in [0.25, 0.3) is 0 Å². The number of hydrogen-bond acceptors (Lipinski definition) is 3. The molecule has 0 spiro atoms. The van der Waals surface area contributed by atoms with E-state index in [9.17, 15) is 13.6 Å². The second kappa shape index (κ2) is 7.29. The molecule has 0 bridgehead atoms. The van der Waals surface area contributed by atoms with Gasteiger partial charge in [0, 0.05) is 7.05 Å². The number of ether oxygens (including phenoxy) is 1. The Morgan fingerprint density at radius 1 is 1.20 bits per heavy atom. The van der Waals surface area contributed by atoms with Crippen LogP contribution in [-0.2, 0) is 24.8 Å². The zero-order valence-electron chi connectivity index (χ0n) is 13.6. The second-order valence-electron chi connectivity index (χ2n) is 5.55. The van der Waals surface area contributed by atoms with E-state index in [1.54, 1.807) is 12.1 Å². The number of fused-ring (bicyclic) bond motifs is 1.